The molecule has 0 aromatic heterocycles. The monoisotopic (exact) mass is 276 g/mol. The van der Waals surface area contributed by atoms with Crippen LogP contribution in [-0.4, -0.2) is 23.1 Å². The van der Waals surface area contributed by atoms with Crippen LogP contribution in [-0.2, 0) is 0 Å². The lowest BCUT2D eigenvalue weighted by Crippen LogP contribution is -2.44. The maximum Gasteiger partial charge on any atom is 0.173 e. The molecule has 0 aliphatic carbocycles. The molecule has 1 saturated heterocycles. The molecule has 1 heterocycles. The number of rotatable bonds is 1. The molecule has 0 radical (unpaired) electrons. The van der Waals surface area contributed by atoms with E-state index < -0.39 is 0 Å². The fraction of sp³-hybridized carbons (Fsp3) is 0.562. The first kappa shape index (κ1) is 14.3. The third kappa shape index (κ3) is 3.69. The Kier molecular flexibility index (Phi) is 4.46. The number of nitrogens with zero attached hydrogens (tertiary/aromatic N) is 1. The number of hydrogen-bond donors (Lipinski definition) is 1. The second kappa shape index (κ2) is 5.91. The molecule has 1 aromatic rings. The van der Waals surface area contributed by atoms with E-state index in [2.05, 4.69) is 56.1 Å². The average molecular weight is 276 g/mol. The molecule has 3 heteroatoms. The Morgan fingerprint density at radius 3 is 2.37 bits per heavy atom. The summed E-state index contributed by atoms with van der Waals surface area (Å²) in [5, 5.41) is 4.24. The van der Waals surface area contributed by atoms with Crippen molar-refractivity contribution in [2.75, 3.05) is 18.4 Å². The molecule has 1 N–H and O–H groups in total. The van der Waals surface area contributed by atoms with Crippen LogP contribution in [0.3, 0.4) is 0 Å². The number of likely N-dealkylation sites (tertiary alicyclic amines) is 1. The number of piperidine rings is 1. The summed E-state index contributed by atoms with van der Waals surface area (Å²) in [6, 6.07) is 6.41. The quantitative estimate of drug-likeness (QED) is 0.781. The van der Waals surface area contributed by atoms with Crippen molar-refractivity contribution in [1.82, 2.24) is 4.90 Å². The van der Waals surface area contributed by atoms with Crippen molar-refractivity contribution in [3.63, 3.8) is 0 Å². The van der Waals surface area contributed by atoms with Gasteiger partial charge in [-0.15, -0.1) is 0 Å². The number of anilines is 1. The second-order valence-electron chi connectivity index (χ2n) is 6.08. The number of nitrogens with one attached hydrogen (secondary N) is 1. The third-order valence-corrected chi connectivity index (χ3v) is 4.27. The van der Waals surface area contributed by atoms with Crippen molar-refractivity contribution >= 4 is 23.0 Å². The number of thiocarbonyl (C=S) groups is 1. The topological polar surface area (TPSA) is 15.3 Å². The predicted octanol–water partition coefficient (Wildman–Crippen LogP) is 3.98. The third-order valence-electron chi connectivity index (χ3n) is 3.91. The molecular formula is C16H24N2S. The van der Waals surface area contributed by atoms with E-state index >= 15 is 0 Å². The molecule has 2 rings (SSSR count). The Labute approximate surface area is 122 Å². The van der Waals surface area contributed by atoms with Gasteiger partial charge >= 0.3 is 0 Å². The van der Waals surface area contributed by atoms with E-state index in [1.54, 1.807) is 0 Å². The summed E-state index contributed by atoms with van der Waals surface area (Å²) in [5.41, 5.74) is 3.71. The maximum absolute atomic E-state index is 5.55. The molecule has 104 valence electrons. The summed E-state index contributed by atoms with van der Waals surface area (Å²) in [4.78, 5) is 2.31. The van der Waals surface area contributed by atoms with E-state index in [0.29, 0.717) is 0 Å². The molecule has 1 aliphatic rings. The maximum atomic E-state index is 5.55. The summed E-state index contributed by atoms with van der Waals surface area (Å²) < 4.78 is 0. The van der Waals surface area contributed by atoms with Gasteiger partial charge in [-0.05, 0) is 67.6 Å². The van der Waals surface area contributed by atoms with E-state index in [9.17, 15) is 0 Å². The minimum atomic E-state index is 0.725. The fourth-order valence-corrected chi connectivity index (χ4v) is 3.12. The molecule has 0 amide bonds. The van der Waals surface area contributed by atoms with Crippen molar-refractivity contribution in [2.45, 2.75) is 34.1 Å². The van der Waals surface area contributed by atoms with E-state index in [4.69, 9.17) is 12.2 Å². The van der Waals surface area contributed by atoms with E-state index in [0.717, 1.165) is 35.7 Å². The number of benzene rings is 1. The second-order valence-corrected chi connectivity index (χ2v) is 6.47. The van der Waals surface area contributed by atoms with Gasteiger partial charge in [0.05, 0.1) is 0 Å². The van der Waals surface area contributed by atoms with Gasteiger partial charge in [0, 0.05) is 18.8 Å². The highest BCUT2D eigenvalue weighted by molar-refractivity contribution is 7.80. The molecule has 1 aromatic carbocycles. The highest BCUT2D eigenvalue weighted by atomic mass is 32.1. The van der Waals surface area contributed by atoms with Crippen LogP contribution in [0, 0.1) is 25.7 Å². The van der Waals surface area contributed by atoms with E-state index in [1.165, 1.54) is 17.5 Å². The van der Waals surface area contributed by atoms with Gasteiger partial charge < -0.3 is 10.2 Å². The predicted molar refractivity (Wildman–Crippen MR) is 86.7 cm³/mol. The van der Waals surface area contributed by atoms with Gasteiger partial charge in [0.1, 0.15) is 0 Å². The van der Waals surface area contributed by atoms with Crippen LogP contribution in [0.5, 0.6) is 0 Å². The van der Waals surface area contributed by atoms with Gasteiger partial charge in [-0.3, -0.25) is 0 Å². The van der Waals surface area contributed by atoms with Crippen LogP contribution >= 0.6 is 12.2 Å². The molecule has 1 aliphatic heterocycles. The number of hydrogen-bond acceptors (Lipinski definition) is 1. The Hall–Kier alpha value is -1.09. The Morgan fingerprint density at radius 2 is 1.79 bits per heavy atom. The molecule has 0 spiro atoms. The van der Waals surface area contributed by atoms with Crippen molar-refractivity contribution in [3.8, 4) is 0 Å². The van der Waals surface area contributed by atoms with Crippen molar-refractivity contribution < 1.29 is 0 Å². The standard InChI is InChI=1S/C16H24N2S/c1-11-7-12(2)10-18(9-11)16(19)17-15-6-5-13(3)14(4)8-15/h5-6,8,11-12H,7,9-10H2,1-4H3,(H,17,19). The lowest BCUT2D eigenvalue weighted by atomic mass is 9.92. The van der Waals surface area contributed by atoms with Crippen molar-refractivity contribution in [1.29, 1.82) is 0 Å². The van der Waals surface area contributed by atoms with Gasteiger partial charge in [-0.2, -0.15) is 0 Å². The van der Waals surface area contributed by atoms with Gasteiger partial charge in [-0.1, -0.05) is 19.9 Å². The van der Waals surface area contributed by atoms with Crippen molar-refractivity contribution in [2.24, 2.45) is 11.8 Å². The van der Waals surface area contributed by atoms with E-state index in [-0.39, 0.29) is 0 Å². The van der Waals surface area contributed by atoms with Crippen LogP contribution in [0.25, 0.3) is 0 Å². The molecule has 0 bridgehead atoms. The average Bonchev–Trinajstić information content (AvgIpc) is 2.32. The molecule has 2 atom stereocenters. The summed E-state index contributed by atoms with van der Waals surface area (Å²) in [5.74, 6) is 1.45. The highest BCUT2D eigenvalue weighted by Gasteiger charge is 2.23. The zero-order valence-electron chi connectivity index (χ0n) is 12.4. The van der Waals surface area contributed by atoms with Gasteiger partial charge in [0.2, 0.25) is 0 Å². The lowest BCUT2D eigenvalue weighted by molar-refractivity contribution is 0.216. The molecule has 1 fully saturated rings. The van der Waals surface area contributed by atoms with Crippen LogP contribution in [0.1, 0.15) is 31.4 Å². The SMILES string of the molecule is Cc1ccc(NC(=S)N2CC(C)CC(C)C2)cc1C. The lowest BCUT2D eigenvalue weighted by Gasteiger charge is -2.36. The highest BCUT2D eigenvalue weighted by Crippen LogP contribution is 2.22. The molecule has 19 heavy (non-hydrogen) atoms. The Balaban J connectivity index is 2.02. The van der Waals surface area contributed by atoms with Gasteiger partial charge in [-0.25, -0.2) is 0 Å². The molecule has 0 saturated carbocycles. The fourth-order valence-electron chi connectivity index (χ4n) is 2.85. The van der Waals surface area contributed by atoms with Crippen LogP contribution in [0.4, 0.5) is 5.69 Å². The largest absolute Gasteiger partial charge is 0.348 e. The van der Waals surface area contributed by atoms with Gasteiger partial charge in [0.25, 0.3) is 0 Å². The zero-order chi connectivity index (χ0) is 14.0. The van der Waals surface area contributed by atoms with E-state index in [1.807, 2.05) is 0 Å². The summed E-state index contributed by atoms with van der Waals surface area (Å²) >= 11 is 5.55. The summed E-state index contributed by atoms with van der Waals surface area (Å²) in [6.07, 6.45) is 1.31. The first-order valence-electron chi connectivity index (χ1n) is 7.09. The molecule has 2 nitrogen and oxygen atoms in total. The Morgan fingerprint density at radius 1 is 1.16 bits per heavy atom. The van der Waals surface area contributed by atoms with Gasteiger partial charge in [0.15, 0.2) is 5.11 Å². The zero-order valence-corrected chi connectivity index (χ0v) is 13.2. The first-order chi connectivity index (χ1) is 8.95. The smallest absolute Gasteiger partial charge is 0.173 e. The van der Waals surface area contributed by atoms with Crippen molar-refractivity contribution in [3.05, 3.63) is 29.3 Å². The number of aryl methyl sites for hydroxylation is 2. The summed E-state index contributed by atoms with van der Waals surface area (Å²) in [7, 11) is 0. The molecular weight excluding hydrogens is 252 g/mol. The van der Waals surface area contributed by atoms with Crippen LogP contribution in [0.2, 0.25) is 0 Å². The van der Waals surface area contributed by atoms with Crippen LogP contribution < -0.4 is 5.32 Å². The first-order valence-corrected chi connectivity index (χ1v) is 7.49. The molecule has 2 unspecified atom stereocenters. The Bertz CT molecular complexity index is 460. The minimum Gasteiger partial charge on any atom is -0.348 e. The minimum absolute atomic E-state index is 0.725. The summed E-state index contributed by atoms with van der Waals surface area (Å²) in [6.45, 7) is 11.0. The normalized spacial score (nSPS) is 23.3. The van der Waals surface area contributed by atoms with Crippen LogP contribution in [0.15, 0.2) is 18.2 Å².